The molecule has 160 valence electrons. The summed E-state index contributed by atoms with van der Waals surface area (Å²) in [5, 5.41) is 17.7. The maximum Gasteiger partial charge on any atom is 0.319 e. The van der Waals surface area contributed by atoms with Crippen molar-refractivity contribution in [1.82, 2.24) is 10.6 Å². The topological polar surface area (TPSA) is 99.7 Å². The van der Waals surface area contributed by atoms with Crippen LogP contribution >= 0.6 is 0 Å². The van der Waals surface area contributed by atoms with E-state index < -0.39 is 24.0 Å². The number of anilines is 1. The highest BCUT2D eigenvalue weighted by Crippen LogP contribution is 2.22. The van der Waals surface area contributed by atoms with E-state index in [0.717, 1.165) is 5.56 Å². The molecule has 3 atom stereocenters. The van der Waals surface area contributed by atoms with Crippen molar-refractivity contribution >= 4 is 17.6 Å². The quantitative estimate of drug-likeness (QED) is 0.558. The van der Waals surface area contributed by atoms with Crippen LogP contribution in [0.2, 0.25) is 0 Å². The van der Waals surface area contributed by atoms with E-state index in [-0.39, 0.29) is 30.7 Å². The standard InChI is InChI=1S/C22H26FN3O4/c23-17-8-4-5-9-18(17)25-22(29)26-19-11-10-16(30-20(19)14-27)12-21(28)24-13-15-6-2-1-3-7-15/h1-9,16,19-20,27H,10-14H2,(H,24,28)(H2,25,26,29)/t16-,19-,20+/m1/s1. The van der Waals surface area contributed by atoms with Gasteiger partial charge in [-0.15, -0.1) is 0 Å². The Kier molecular flexibility index (Phi) is 7.75. The van der Waals surface area contributed by atoms with Crippen molar-refractivity contribution < 1.29 is 23.8 Å². The normalized spacial score (nSPS) is 20.9. The summed E-state index contributed by atoms with van der Waals surface area (Å²) in [5.41, 5.74) is 1.08. The molecule has 1 saturated heterocycles. The number of carbonyl (C=O) groups excluding carboxylic acids is 2. The summed E-state index contributed by atoms with van der Waals surface area (Å²) in [6.45, 7) is 0.142. The van der Waals surface area contributed by atoms with E-state index in [1.54, 1.807) is 6.07 Å². The molecule has 0 unspecified atom stereocenters. The molecule has 0 aromatic heterocycles. The number of hydrogen-bond acceptors (Lipinski definition) is 4. The van der Waals surface area contributed by atoms with Crippen LogP contribution in [-0.4, -0.2) is 41.9 Å². The van der Waals surface area contributed by atoms with E-state index in [1.165, 1.54) is 18.2 Å². The van der Waals surface area contributed by atoms with Crippen molar-refractivity contribution in [2.75, 3.05) is 11.9 Å². The Labute approximate surface area is 174 Å². The molecule has 1 fully saturated rings. The van der Waals surface area contributed by atoms with Crippen LogP contribution in [0, 0.1) is 5.82 Å². The molecule has 2 aromatic carbocycles. The lowest BCUT2D eigenvalue weighted by atomic mass is 9.97. The minimum absolute atomic E-state index is 0.0697. The van der Waals surface area contributed by atoms with Gasteiger partial charge in [0.2, 0.25) is 5.91 Å². The zero-order valence-electron chi connectivity index (χ0n) is 16.5. The molecule has 1 aliphatic rings. The van der Waals surface area contributed by atoms with Gasteiger partial charge in [-0.3, -0.25) is 4.79 Å². The summed E-state index contributed by atoms with van der Waals surface area (Å²) >= 11 is 0. The van der Waals surface area contributed by atoms with Gasteiger partial charge in [0.1, 0.15) is 11.9 Å². The number of nitrogens with one attached hydrogen (secondary N) is 3. The number of carbonyl (C=O) groups is 2. The van der Waals surface area contributed by atoms with Gasteiger partial charge in [0.25, 0.3) is 0 Å². The number of aliphatic hydroxyl groups is 1. The van der Waals surface area contributed by atoms with Crippen LogP contribution < -0.4 is 16.0 Å². The maximum atomic E-state index is 13.7. The van der Waals surface area contributed by atoms with Gasteiger partial charge >= 0.3 is 6.03 Å². The summed E-state index contributed by atoms with van der Waals surface area (Å²) < 4.78 is 19.5. The maximum absolute atomic E-state index is 13.7. The predicted octanol–water partition coefficient (Wildman–Crippen LogP) is 2.56. The fourth-order valence-corrected chi connectivity index (χ4v) is 3.41. The van der Waals surface area contributed by atoms with Crippen LogP contribution in [0.5, 0.6) is 0 Å². The lowest BCUT2D eigenvalue weighted by Gasteiger charge is -2.35. The van der Waals surface area contributed by atoms with Crippen molar-refractivity contribution in [3.8, 4) is 0 Å². The monoisotopic (exact) mass is 415 g/mol. The number of urea groups is 1. The van der Waals surface area contributed by atoms with Crippen molar-refractivity contribution in [3.63, 3.8) is 0 Å². The predicted molar refractivity (Wildman–Crippen MR) is 110 cm³/mol. The molecule has 0 spiro atoms. The molecular formula is C22H26FN3O4. The Morgan fingerprint density at radius 2 is 1.80 bits per heavy atom. The first-order chi connectivity index (χ1) is 14.5. The smallest absolute Gasteiger partial charge is 0.319 e. The lowest BCUT2D eigenvalue weighted by molar-refractivity contribution is -0.130. The third-order valence-electron chi connectivity index (χ3n) is 4.98. The molecule has 30 heavy (non-hydrogen) atoms. The van der Waals surface area contributed by atoms with Gasteiger partial charge in [-0.25, -0.2) is 9.18 Å². The Morgan fingerprint density at radius 3 is 2.53 bits per heavy atom. The van der Waals surface area contributed by atoms with Gasteiger partial charge < -0.3 is 25.8 Å². The molecule has 0 bridgehead atoms. The molecule has 2 aromatic rings. The fraction of sp³-hybridized carbons (Fsp3) is 0.364. The van der Waals surface area contributed by atoms with Crippen LogP contribution in [0.15, 0.2) is 54.6 Å². The summed E-state index contributed by atoms with van der Waals surface area (Å²) in [7, 11) is 0. The second-order valence-corrected chi connectivity index (χ2v) is 7.21. The molecule has 0 radical (unpaired) electrons. The molecule has 0 saturated carbocycles. The van der Waals surface area contributed by atoms with E-state index in [9.17, 15) is 19.1 Å². The number of ether oxygens (including phenoxy) is 1. The second-order valence-electron chi connectivity index (χ2n) is 7.21. The summed E-state index contributed by atoms with van der Waals surface area (Å²) in [6.07, 6.45) is 0.284. The average Bonchev–Trinajstić information content (AvgIpc) is 2.75. The molecule has 7 nitrogen and oxygen atoms in total. The fourth-order valence-electron chi connectivity index (χ4n) is 3.41. The van der Waals surface area contributed by atoms with Gasteiger partial charge in [0.05, 0.1) is 30.9 Å². The van der Waals surface area contributed by atoms with Crippen LogP contribution in [0.25, 0.3) is 0 Å². The van der Waals surface area contributed by atoms with Crippen LogP contribution in [0.4, 0.5) is 14.9 Å². The van der Waals surface area contributed by atoms with Gasteiger partial charge in [-0.05, 0) is 30.5 Å². The number of halogens is 1. The van der Waals surface area contributed by atoms with Gasteiger partial charge in [-0.1, -0.05) is 42.5 Å². The highest BCUT2D eigenvalue weighted by molar-refractivity contribution is 5.89. The Bertz CT molecular complexity index is 849. The molecule has 4 N–H and O–H groups in total. The van der Waals surface area contributed by atoms with E-state index in [4.69, 9.17) is 4.74 Å². The Morgan fingerprint density at radius 1 is 1.07 bits per heavy atom. The molecule has 1 heterocycles. The first-order valence-corrected chi connectivity index (χ1v) is 9.94. The zero-order chi connectivity index (χ0) is 21.3. The average molecular weight is 415 g/mol. The molecule has 3 rings (SSSR count). The largest absolute Gasteiger partial charge is 0.394 e. The van der Waals surface area contributed by atoms with Crippen LogP contribution in [0.1, 0.15) is 24.8 Å². The highest BCUT2D eigenvalue weighted by atomic mass is 19.1. The number of hydrogen-bond donors (Lipinski definition) is 4. The second kappa shape index (κ2) is 10.7. The highest BCUT2D eigenvalue weighted by Gasteiger charge is 2.33. The first kappa shape index (κ1) is 21.7. The Balaban J connectivity index is 1.45. The summed E-state index contributed by atoms with van der Waals surface area (Å²) in [5.74, 6) is -0.669. The number of rotatable bonds is 7. The van der Waals surface area contributed by atoms with Gasteiger partial charge in [0, 0.05) is 6.54 Å². The van der Waals surface area contributed by atoms with Gasteiger partial charge in [0.15, 0.2) is 0 Å². The summed E-state index contributed by atoms with van der Waals surface area (Å²) in [6, 6.07) is 14.4. The third-order valence-corrected chi connectivity index (χ3v) is 4.98. The number of aliphatic hydroxyl groups excluding tert-OH is 1. The van der Waals surface area contributed by atoms with Crippen molar-refractivity contribution in [2.45, 2.75) is 44.1 Å². The minimum atomic E-state index is -0.642. The molecule has 3 amide bonds. The van der Waals surface area contributed by atoms with E-state index in [0.29, 0.717) is 19.4 Å². The molecular weight excluding hydrogens is 389 g/mol. The first-order valence-electron chi connectivity index (χ1n) is 9.94. The minimum Gasteiger partial charge on any atom is -0.394 e. The molecule has 0 aliphatic carbocycles. The molecule has 8 heteroatoms. The zero-order valence-corrected chi connectivity index (χ0v) is 16.5. The van der Waals surface area contributed by atoms with Crippen LogP contribution in [-0.2, 0) is 16.1 Å². The van der Waals surface area contributed by atoms with Crippen LogP contribution in [0.3, 0.4) is 0 Å². The number of amides is 3. The molecule has 1 aliphatic heterocycles. The third kappa shape index (κ3) is 6.27. The van der Waals surface area contributed by atoms with Crippen molar-refractivity contribution in [1.29, 1.82) is 0 Å². The summed E-state index contributed by atoms with van der Waals surface area (Å²) in [4.78, 5) is 24.4. The number of benzene rings is 2. The van der Waals surface area contributed by atoms with Crippen molar-refractivity contribution in [3.05, 3.63) is 66.0 Å². The Hall–Kier alpha value is -2.97. The SMILES string of the molecule is O=C(C[C@H]1CC[C@@H](NC(=O)Nc2ccccc2F)[C@H](CO)O1)NCc1ccccc1. The van der Waals surface area contributed by atoms with Gasteiger partial charge in [-0.2, -0.15) is 0 Å². The van der Waals surface area contributed by atoms with E-state index >= 15 is 0 Å². The van der Waals surface area contributed by atoms with E-state index in [2.05, 4.69) is 16.0 Å². The van der Waals surface area contributed by atoms with E-state index in [1.807, 2.05) is 30.3 Å². The lowest BCUT2D eigenvalue weighted by Crippen LogP contribution is -2.52. The van der Waals surface area contributed by atoms with Crippen molar-refractivity contribution in [2.24, 2.45) is 0 Å². The number of para-hydroxylation sites is 1.